The molecular weight excluding hydrogens is 270 g/mol. The lowest BCUT2D eigenvalue weighted by Crippen LogP contribution is -2.27. The van der Waals surface area contributed by atoms with Gasteiger partial charge in [0.25, 0.3) is 0 Å². The lowest BCUT2D eigenvalue weighted by Gasteiger charge is -2.18. The number of amides is 1. The van der Waals surface area contributed by atoms with E-state index in [1.165, 1.54) is 0 Å². The number of aromatic nitrogens is 2. The van der Waals surface area contributed by atoms with Crippen LogP contribution in [0.3, 0.4) is 0 Å². The molecule has 1 rings (SSSR count). The number of carbonyl (C=O) groups is 3. The molecule has 0 saturated heterocycles. The van der Waals surface area contributed by atoms with Crippen molar-refractivity contribution in [3.63, 3.8) is 0 Å². The molecule has 3 N–H and O–H groups in total. The van der Waals surface area contributed by atoms with Crippen molar-refractivity contribution < 1.29 is 29.3 Å². The van der Waals surface area contributed by atoms with Crippen LogP contribution in [-0.2, 0) is 16.1 Å². The van der Waals surface area contributed by atoms with Gasteiger partial charge in [-0.2, -0.15) is 5.10 Å². The maximum Gasteiger partial charge on any atom is 0.413 e. The van der Waals surface area contributed by atoms with Gasteiger partial charge in [0.1, 0.15) is 17.8 Å². The Hall–Kier alpha value is -2.58. The van der Waals surface area contributed by atoms with Gasteiger partial charge >= 0.3 is 18.0 Å². The minimum Gasteiger partial charge on any atom is -0.480 e. The Morgan fingerprint density at radius 3 is 2.40 bits per heavy atom. The number of hydrogen-bond acceptors (Lipinski definition) is 5. The molecule has 1 aromatic heterocycles. The quantitative estimate of drug-likeness (QED) is 0.752. The molecule has 1 amide bonds. The van der Waals surface area contributed by atoms with Crippen LogP contribution in [0.2, 0.25) is 0 Å². The van der Waals surface area contributed by atoms with Crippen molar-refractivity contribution in [3.05, 3.63) is 11.8 Å². The van der Waals surface area contributed by atoms with Crippen LogP contribution >= 0.6 is 0 Å². The Bertz CT molecular complexity index is 543. The molecule has 0 spiro atoms. The number of nitrogens with zero attached hydrogens (tertiary/aromatic N) is 2. The lowest BCUT2D eigenvalue weighted by molar-refractivity contribution is -0.137. The summed E-state index contributed by atoms with van der Waals surface area (Å²) in [5, 5.41) is 23.5. The summed E-state index contributed by atoms with van der Waals surface area (Å²) in [4.78, 5) is 33.0. The molecule has 1 aromatic rings. The van der Waals surface area contributed by atoms with Gasteiger partial charge in [0.15, 0.2) is 5.82 Å². The van der Waals surface area contributed by atoms with E-state index in [9.17, 15) is 14.4 Å². The SMILES string of the molecule is CC(C)(C)OC(=O)Nc1cc(C(=O)O)n(CC(=O)O)n1. The molecule has 0 radical (unpaired) electrons. The van der Waals surface area contributed by atoms with Gasteiger partial charge in [-0.25, -0.2) is 14.3 Å². The number of carboxylic acid groups (broad SMARTS) is 2. The molecule has 0 unspecified atom stereocenters. The number of rotatable bonds is 4. The number of anilines is 1. The molecule has 0 fully saturated rings. The lowest BCUT2D eigenvalue weighted by atomic mass is 10.2. The van der Waals surface area contributed by atoms with Crippen molar-refractivity contribution in [1.29, 1.82) is 0 Å². The van der Waals surface area contributed by atoms with Crippen molar-refractivity contribution in [1.82, 2.24) is 9.78 Å². The first-order chi connectivity index (χ1) is 9.08. The topological polar surface area (TPSA) is 131 Å². The van der Waals surface area contributed by atoms with Crippen LogP contribution in [0, 0.1) is 0 Å². The van der Waals surface area contributed by atoms with Gasteiger partial charge < -0.3 is 14.9 Å². The predicted octanol–water partition coefficient (Wildman–Crippen LogP) is 1.01. The fourth-order valence-electron chi connectivity index (χ4n) is 1.31. The molecule has 0 aromatic carbocycles. The summed E-state index contributed by atoms with van der Waals surface area (Å²) in [6, 6.07) is 1.05. The second-order valence-electron chi connectivity index (χ2n) is 4.90. The van der Waals surface area contributed by atoms with Crippen molar-refractivity contribution in [3.8, 4) is 0 Å². The van der Waals surface area contributed by atoms with Crippen LogP contribution in [0.1, 0.15) is 31.3 Å². The van der Waals surface area contributed by atoms with E-state index < -0.39 is 30.2 Å². The maximum absolute atomic E-state index is 11.5. The van der Waals surface area contributed by atoms with Crippen LogP contribution in [-0.4, -0.2) is 43.6 Å². The van der Waals surface area contributed by atoms with Crippen LogP contribution < -0.4 is 5.32 Å². The highest BCUT2D eigenvalue weighted by Gasteiger charge is 2.20. The molecule has 1 heterocycles. The summed E-state index contributed by atoms with van der Waals surface area (Å²) in [5.41, 5.74) is -1.07. The van der Waals surface area contributed by atoms with Crippen LogP contribution in [0.15, 0.2) is 6.07 Å². The Kier molecular flexibility index (Phi) is 4.33. The Balaban J connectivity index is 2.89. The summed E-state index contributed by atoms with van der Waals surface area (Å²) in [6.45, 7) is 4.37. The molecule has 0 aliphatic carbocycles. The van der Waals surface area contributed by atoms with Crippen molar-refractivity contribution in [2.24, 2.45) is 0 Å². The average Bonchev–Trinajstić information content (AvgIpc) is 2.56. The number of nitrogens with one attached hydrogen (secondary N) is 1. The number of hydrogen-bond donors (Lipinski definition) is 3. The van der Waals surface area contributed by atoms with Gasteiger partial charge in [0, 0.05) is 6.07 Å². The van der Waals surface area contributed by atoms with E-state index in [0.717, 1.165) is 10.7 Å². The second-order valence-corrected chi connectivity index (χ2v) is 4.90. The van der Waals surface area contributed by atoms with Crippen molar-refractivity contribution in [2.45, 2.75) is 32.9 Å². The molecular formula is C11H15N3O6. The number of aliphatic carboxylic acids is 1. The Morgan fingerprint density at radius 1 is 1.35 bits per heavy atom. The van der Waals surface area contributed by atoms with Gasteiger partial charge in [0.2, 0.25) is 0 Å². The fourth-order valence-corrected chi connectivity index (χ4v) is 1.31. The highest BCUT2D eigenvalue weighted by molar-refractivity contribution is 5.90. The first-order valence-electron chi connectivity index (χ1n) is 5.61. The number of carboxylic acids is 2. The summed E-state index contributed by atoms with van der Waals surface area (Å²) in [6.07, 6.45) is -0.811. The zero-order valence-electron chi connectivity index (χ0n) is 11.2. The van der Waals surface area contributed by atoms with Gasteiger partial charge in [-0.1, -0.05) is 0 Å². The summed E-state index contributed by atoms with van der Waals surface area (Å²) >= 11 is 0. The predicted molar refractivity (Wildman–Crippen MR) is 66.7 cm³/mol. The Morgan fingerprint density at radius 2 is 1.95 bits per heavy atom. The summed E-state index contributed by atoms with van der Waals surface area (Å²) in [7, 11) is 0. The monoisotopic (exact) mass is 285 g/mol. The first kappa shape index (κ1) is 15.5. The molecule has 0 atom stereocenters. The number of carbonyl (C=O) groups excluding carboxylic acids is 1. The molecule has 0 saturated carbocycles. The standard InChI is InChI=1S/C11H15N3O6/c1-11(2,3)20-10(19)12-7-4-6(9(17)18)14(13-7)5-8(15)16/h4H,5H2,1-3H3,(H,15,16)(H,17,18)(H,12,13,19). The van der Waals surface area contributed by atoms with E-state index >= 15 is 0 Å². The van der Waals surface area contributed by atoms with E-state index in [1.807, 2.05) is 0 Å². The zero-order valence-corrected chi connectivity index (χ0v) is 11.2. The molecule has 110 valence electrons. The minimum atomic E-state index is -1.35. The van der Waals surface area contributed by atoms with Gasteiger partial charge in [0.05, 0.1) is 0 Å². The summed E-state index contributed by atoms with van der Waals surface area (Å²) in [5.74, 6) is -2.70. The normalized spacial score (nSPS) is 10.9. The largest absolute Gasteiger partial charge is 0.480 e. The second kappa shape index (κ2) is 5.59. The fraction of sp³-hybridized carbons (Fsp3) is 0.455. The first-order valence-corrected chi connectivity index (χ1v) is 5.61. The maximum atomic E-state index is 11.5. The van der Waals surface area contributed by atoms with E-state index in [-0.39, 0.29) is 11.5 Å². The molecule has 0 aliphatic rings. The minimum absolute atomic E-state index is 0.0992. The van der Waals surface area contributed by atoms with Gasteiger partial charge in [-0.15, -0.1) is 0 Å². The van der Waals surface area contributed by atoms with Gasteiger partial charge in [-0.3, -0.25) is 10.1 Å². The highest BCUT2D eigenvalue weighted by atomic mass is 16.6. The van der Waals surface area contributed by atoms with E-state index in [2.05, 4.69) is 10.4 Å². The smallest absolute Gasteiger partial charge is 0.413 e. The summed E-state index contributed by atoms with van der Waals surface area (Å²) < 4.78 is 5.73. The third-order valence-electron chi connectivity index (χ3n) is 1.91. The molecule has 9 heteroatoms. The van der Waals surface area contributed by atoms with Crippen molar-refractivity contribution in [2.75, 3.05) is 5.32 Å². The van der Waals surface area contributed by atoms with E-state index in [0.29, 0.717) is 0 Å². The van der Waals surface area contributed by atoms with Crippen LogP contribution in [0.4, 0.5) is 10.6 Å². The van der Waals surface area contributed by atoms with E-state index in [1.54, 1.807) is 20.8 Å². The van der Waals surface area contributed by atoms with Gasteiger partial charge in [-0.05, 0) is 20.8 Å². The molecule has 0 aliphatic heterocycles. The number of aromatic carboxylic acids is 1. The average molecular weight is 285 g/mol. The molecule has 9 nitrogen and oxygen atoms in total. The zero-order chi connectivity index (χ0) is 15.5. The molecule has 20 heavy (non-hydrogen) atoms. The highest BCUT2D eigenvalue weighted by Crippen LogP contribution is 2.13. The Labute approximate surface area is 114 Å². The molecule has 0 bridgehead atoms. The van der Waals surface area contributed by atoms with Crippen LogP contribution in [0.5, 0.6) is 0 Å². The van der Waals surface area contributed by atoms with Crippen LogP contribution in [0.25, 0.3) is 0 Å². The number of ether oxygens (including phenoxy) is 1. The van der Waals surface area contributed by atoms with Crippen molar-refractivity contribution >= 4 is 23.8 Å². The third-order valence-corrected chi connectivity index (χ3v) is 1.91. The van der Waals surface area contributed by atoms with E-state index in [4.69, 9.17) is 14.9 Å². The third kappa shape index (κ3) is 4.59.